The van der Waals surface area contributed by atoms with Crippen molar-refractivity contribution in [3.05, 3.63) is 35.9 Å². The van der Waals surface area contributed by atoms with E-state index in [0.717, 1.165) is 12.1 Å². The summed E-state index contributed by atoms with van der Waals surface area (Å²) in [7, 11) is 1.45. The number of rotatable bonds is 7. The first-order chi connectivity index (χ1) is 10.2. The lowest BCUT2D eigenvalue weighted by molar-refractivity contribution is -0.142. The van der Waals surface area contributed by atoms with Gasteiger partial charge in [-0.15, -0.1) is 0 Å². The minimum Gasteiger partial charge on any atom is -0.469 e. The van der Waals surface area contributed by atoms with E-state index >= 15 is 0 Å². The summed E-state index contributed by atoms with van der Waals surface area (Å²) in [5.41, 5.74) is 1.00. The van der Waals surface area contributed by atoms with E-state index in [0.29, 0.717) is 12.6 Å². The van der Waals surface area contributed by atoms with E-state index in [9.17, 15) is 4.79 Å². The summed E-state index contributed by atoms with van der Waals surface area (Å²) in [6.07, 6.45) is 2.61. The first-order valence-electron chi connectivity index (χ1n) is 7.79. The second-order valence-corrected chi connectivity index (χ2v) is 5.80. The molecule has 21 heavy (non-hydrogen) atoms. The summed E-state index contributed by atoms with van der Waals surface area (Å²) in [5, 5.41) is 3.48. The van der Waals surface area contributed by atoms with Gasteiger partial charge in [-0.25, -0.2) is 0 Å². The van der Waals surface area contributed by atoms with Crippen molar-refractivity contribution in [1.82, 2.24) is 10.2 Å². The molecule has 1 aromatic rings. The Morgan fingerprint density at radius 3 is 2.57 bits per heavy atom. The van der Waals surface area contributed by atoms with Crippen LogP contribution in [-0.2, 0) is 9.53 Å². The molecular formula is C17H26N2O2. The molecule has 4 nitrogen and oxygen atoms in total. The Morgan fingerprint density at radius 1 is 1.29 bits per heavy atom. The number of ether oxygens (including phenoxy) is 1. The largest absolute Gasteiger partial charge is 0.469 e. The van der Waals surface area contributed by atoms with Crippen LogP contribution in [-0.4, -0.2) is 50.2 Å². The van der Waals surface area contributed by atoms with Crippen LogP contribution in [0, 0.1) is 0 Å². The third-order valence-corrected chi connectivity index (χ3v) is 4.09. The van der Waals surface area contributed by atoms with Gasteiger partial charge in [-0.2, -0.15) is 0 Å². The molecule has 116 valence electrons. The van der Waals surface area contributed by atoms with Gasteiger partial charge in [0.1, 0.15) is 0 Å². The van der Waals surface area contributed by atoms with Gasteiger partial charge in [0, 0.05) is 19.1 Å². The highest BCUT2D eigenvalue weighted by Gasteiger charge is 2.22. The van der Waals surface area contributed by atoms with Gasteiger partial charge in [0.2, 0.25) is 0 Å². The van der Waals surface area contributed by atoms with E-state index < -0.39 is 0 Å². The van der Waals surface area contributed by atoms with Crippen LogP contribution in [0.4, 0.5) is 0 Å². The molecule has 2 rings (SSSR count). The Hall–Kier alpha value is -1.39. The SMILES string of the molecule is COC(=O)C(CNC(C)CN1CCCC1)c1ccccc1. The number of nitrogens with one attached hydrogen (secondary N) is 1. The first-order valence-corrected chi connectivity index (χ1v) is 7.79. The van der Waals surface area contributed by atoms with Crippen LogP contribution < -0.4 is 5.32 Å². The van der Waals surface area contributed by atoms with Crippen molar-refractivity contribution in [1.29, 1.82) is 0 Å². The molecule has 0 aliphatic carbocycles. The van der Waals surface area contributed by atoms with E-state index in [-0.39, 0.29) is 11.9 Å². The summed E-state index contributed by atoms with van der Waals surface area (Å²) in [6.45, 7) is 6.24. The lowest BCUT2D eigenvalue weighted by Crippen LogP contribution is -2.40. The third kappa shape index (κ3) is 4.83. The fourth-order valence-corrected chi connectivity index (χ4v) is 2.90. The molecule has 1 fully saturated rings. The topological polar surface area (TPSA) is 41.6 Å². The zero-order valence-corrected chi connectivity index (χ0v) is 13.0. The normalized spacial score (nSPS) is 18.4. The number of nitrogens with zero attached hydrogens (tertiary/aromatic N) is 1. The van der Waals surface area contributed by atoms with Gasteiger partial charge in [-0.1, -0.05) is 30.3 Å². The highest BCUT2D eigenvalue weighted by Crippen LogP contribution is 2.16. The standard InChI is InChI=1S/C17H26N2O2/c1-14(13-19-10-6-7-11-19)18-12-16(17(20)21-2)15-8-4-3-5-9-15/h3-5,8-9,14,16,18H,6-7,10-13H2,1-2H3. The molecule has 1 heterocycles. The van der Waals surface area contributed by atoms with Crippen LogP contribution in [0.25, 0.3) is 0 Å². The Morgan fingerprint density at radius 2 is 1.95 bits per heavy atom. The van der Waals surface area contributed by atoms with Gasteiger partial charge >= 0.3 is 5.97 Å². The van der Waals surface area contributed by atoms with E-state index in [1.54, 1.807) is 0 Å². The number of carbonyl (C=O) groups excluding carboxylic acids is 1. The van der Waals surface area contributed by atoms with Crippen molar-refractivity contribution in [2.45, 2.75) is 31.7 Å². The molecule has 2 unspecified atom stereocenters. The number of benzene rings is 1. The Balaban J connectivity index is 1.88. The monoisotopic (exact) mass is 290 g/mol. The van der Waals surface area contributed by atoms with E-state index in [2.05, 4.69) is 17.1 Å². The van der Waals surface area contributed by atoms with Crippen LogP contribution >= 0.6 is 0 Å². The number of methoxy groups -OCH3 is 1. The summed E-state index contributed by atoms with van der Waals surface area (Å²) in [5.74, 6) is -0.417. The number of likely N-dealkylation sites (tertiary alicyclic amines) is 1. The second-order valence-electron chi connectivity index (χ2n) is 5.80. The summed E-state index contributed by atoms with van der Waals surface area (Å²) >= 11 is 0. The number of hydrogen-bond acceptors (Lipinski definition) is 4. The molecule has 4 heteroatoms. The first kappa shape index (κ1) is 16.0. The van der Waals surface area contributed by atoms with Crippen molar-refractivity contribution in [3.63, 3.8) is 0 Å². The number of esters is 1. The lowest BCUT2D eigenvalue weighted by Gasteiger charge is -2.23. The molecule has 0 aromatic heterocycles. The Kier molecular flexibility index (Phi) is 6.21. The molecular weight excluding hydrogens is 264 g/mol. The molecule has 0 saturated carbocycles. The molecule has 0 bridgehead atoms. The van der Waals surface area contributed by atoms with Crippen molar-refractivity contribution >= 4 is 5.97 Å². The summed E-state index contributed by atoms with van der Waals surface area (Å²) in [6, 6.07) is 10.2. The highest BCUT2D eigenvalue weighted by atomic mass is 16.5. The average Bonchev–Trinajstić information content (AvgIpc) is 3.01. The molecule has 0 amide bonds. The highest BCUT2D eigenvalue weighted by molar-refractivity contribution is 5.78. The minimum absolute atomic E-state index is 0.179. The molecule has 1 aliphatic heterocycles. The zero-order chi connectivity index (χ0) is 15.1. The van der Waals surface area contributed by atoms with Crippen LogP contribution in [0.3, 0.4) is 0 Å². The van der Waals surface area contributed by atoms with Gasteiger partial charge in [0.05, 0.1) is 13.0 Å². The predicted octanol–water partition coefficient (Wildman–Crippen LogP) is 2.02. The average molecular weight is 290 g/mol. The predicted molar refractivity (Wildman–Crippen MR) is 84.3 cm³/mol. The molecule has 1 saturated heterocycles. The maximum absolute atomic E-state index is 12.0. The second kappa shape index (κ2) is 8.15. The maximum atomic E-state index is 12.0. The number of carbonyl (C=O) groups is 1. The molecule has 1 aromatic carbocycles. The van der Waals surface area contributed by atoms with E-state index in [1.807, 2.05) is 30.3 Å². The van der Waals surface area contributed by atoms with Gasteiger partial charge < -0.3 is 15.0 Å². The molecule has 1 aliphatic rings. The molecule has 1 N–H and O–H groups in total. The smallest absolute Gasteiger partial charge is 0.314 e. The maximum Gasteiger partial charge on any atom is 0.314 e. The van der Waals surface area contributed by atoms with Crippen LogP contribution in [0.2, 0.25) is 0 Å². The van der Waals surface area contributed by atoms with Gasteiger partial charge in [-0.05, 0) is 38.4 Å². The fourth-order valence-electron chi connectivity index (χ4n) is 2.90. The van der Waals surface area contributed by atoms with Crippen molar-refractivity contribution in [2.24, 2.45) is 0 Å². The minimum atomic E-state index is -0.239. The van der Waals surface area contributed by atoms with Crippen molar-refractivity contribution in [2.75, 3.05) is 33.3 Å². The molecule has 0 spiro atoms. The zero-order valence-electron chi connectivity index (χ0n) is 13.0. The lowest BCUT2D eigenvalue weighted by atomic mass is 9.99. The van der Waals surface area contributed by atoms with Gasteiger partial charge in [-0.3, -0.25) is 4.79 Å². The van der Waals surface area contributed by atoms with Gasteiger partial charge in [0.25, 0.3) is 0 Å². The van der Waals surface area contributed by atoms with Crippen LogP contribution in [0.5, 0.6) is 0 Å². The van der Waals surface area contributed by atoms with Crippen molar-refractivity contribution in [3.8, 4) is 0 Å². The molecule has 0 radical (unpaired) electrons. The fraction of sp³-hybridized carbons (Fsp3) is 0.588. The van der Waals surface area contributed by atoms with Crippen LogP contribution in [0.1, 0.15) is 31.2 Å². The van der Waals surface area contributed by atoms with Crippen LogP contribution in [0.15, 0.2) is 30.3 Å². The van der Waals surface area contributed by atoms with E-state index in [4.69, 9.17) is 4.74 Å². The number of hydrogen-bond donors (Lipinski definition) is 1. The van der Waals surface area contributed by atoms with E-state index in [1.165, 1.54) is 33.0 Å². The quantitative estimate of drug-likeness (QED) is 0.780. The summed E-state index contributed by atoms with van der Waals surface area (Å²) < 4.78 is 4.94. The Labute approximate surface area is 127 Å². The molecule has 2 atom stereocenters. The van der Waals surface area contributed by atoms with Crippen molar-refractivity contribution < 1.29 is 9.53 Å². The van der Waals surface area contributed by atoms with Gasteiger partial charge in [0.15, 0.2) is 0 Å². The third-order valence-electron chi connectivity index (χ3n) is 4.09. The Bertz CT molecular complexity index is 430. The summed E-state index contributed by atoms with van der Waals surface area (Å²) in [4.78, 5) is 14.5.